The van der Waals surface area contributed by atoms with Crippen molar-refractivity contribution in [3.63, 3.8) is 0 Å². The van der Waals surface area contributed by atoms with Crippen LogP contribution in [0.4, 0.5) is 0 Å². The summed E-state index contributed by atoms with van der Waals surface area (Å²) < 4.78 is 10.5. The van der Waals surface area contributed by atoms with Crippen LogP contribution in [0.2, 0.25) is 0 Å². The Hall–Kier alpha value is -2.56. The second kappa shape index (κ2) is 8.51. The molecular weight excluding hydrogens is 316 g/mol. The number of nitrogens with one attached hydrogen (secondary N) is 1. The van der Waals surface area contributed by atoms with Crippen molar-refractivity contribution in [3.8, 4) is 17.1 Å². The molecule has 2 aromatic rings. The summed E-state index contributed by atoms with van der Waals surface area (Å²) in [6.45, 7) is 0.688. The number of aromatic nitrogens is 1. The van der Waals surface area contributed by atoms with E-state index in [0.717, 1.165) is 17.7 Å². The zero-order valence-corrected chi connectivity index (χ0v) is 14.6. The molecule has 0 spiro atoms. The monoisotopic (exact) mass is 340 g/mol. The highest BCUT2D eigenvalue weighted by Crippen LogP contribution is 2.23. The average molecular weight is 340 g/mol. The summed E-state index contributed by atoms with van der Waals surface area (Å²) in [5.41, 5.74) is 3.01. The molecule has 132 valence electrons. The molecule has 1 aromatic carbocycles. The zero-order chi connectivity index (χ0) is 17.5. The molecule has 0 bridgehead atoms. The van der Waals surface area contributed by atoms with Gasteiger partial charge in [0.05, 0.1) is 19.2 Å². The van der Waals surface area contributed by atoms with Crippen LogP contribution in [0, 0.1) is 0 Å². The van der Waals surface area contributed by atoms with Gasteiger partial charge in [0.2, 0.25) is 5.91 Å². The molecule has 0 radical (unpaired) electrons. The number of ether oxygens (including phenoxy) is 1. The molecule has 0 unspecified atom stereocenters. The Kier molecular flexibility index (Phi) is 5.88. The number of carbonyl (C=O) groups is 1. The lowest BCUT2D eigenvalue weighted by atomic mass is 9.97. The maximum Gasteiger partial charge on any atom is 0.226 e. The largest absolute Gasteiger partial charge is 0.497 e. The lowest BCUT2D eigenvalue weighted by Gasteiger charge is -2.12. The van der Waals surface area contributed by atoms with Gasteiger partial charge in [-0.1, -0.05) is 16.8 Å². The van der Waals surface area contributed by atoms with Crippen LogP contribution in [0.1, 0.15) is 37.8 Å². The van der Waals surface area contributed by atoms with E-state index in [9.17, 15) is 4.79 Å². The third-order valence-electron chi connectivity index (χ3n) is 4.43. The minimum atomic E-state index is -0.0222. The molecule has 0 aliphatic heterocycles. The predicted octanol–water partition coefficient (Wildman–Crippen LogP) is 3.90. The van der Waals surface area contributed by atoms with E-state index < -0.39 is 0 Å². The molecule has 1 N–H and O–H groups in total. The summed E-state index contributed by atoms with van der Waals surface area (Å²) in [7, 11) is 1.63. The number of amides is 1. The number of rotatable bonds is 7. The lowest BCUT2D eigenvalue weighted by molar-refractivity contribution is -0.120. The Labute approximate surface area is 148 Å². The molecule has 1 heterocycles. The van der Waals surface area contributed by atoms with E-state index in [1.807, 2.05) is 30.3 Å². The molecule has 0 saturated heterocycles. The van der Waals surface area contributed by atoms with Gasteiger partial charge >= 0.3 is 0 Å². The minimum absolute atomic E-state index is 0.0222. The molecule has 5 nitrogen and oxygen atoms in total. The van der Waals surface area contributed by atoms with Gasteiger partial charge in [-0.3, -0.25) is 4.79 Å². The van der Waals surface area contributed by atoms with E-state index in [1.54, 1.807) is 7.11 Å². The topological polar surface area (TPSA) is 64.4 Å². The highest BCUT2D eigenvalue weighted by atomic mass is 16.5. The van der Waals surface area contributed by atoms with Crippen LogP contribution in [-0.2, 0) is 11.2 Å². The van der Waals surface area contributed by atoms with Crippen molar-refractivity contribution in [2.75, 3.05) is 13.7 Å². The molecule has 1 aliphatic carbocycles. The van der Waals surface area contributed by atoms with Gasteiger partial charge in [-0.2, -0.15) is 0 Å². The van der Waals surface area contributed by atoms with Crippen molar-refractivity contribution in [3.05, 3.63) is 47.7 Å². The molecule has 1 amide bonds. The first-order valence-electron chi connectivity index (χ1n) is 8.79. The van der Waals surface area contributed by atoms with Crippen LogP contribution in [-0.4, -0.2) is 24.7 Å². The predicted molar refractivity (Wildman–Crippen MR) is 96.4 cm³/mol. The van der Waals surface area contributed by atoms with Crippen molar-refractivity contribution in [1.82, 2.24) is 10.5 Å². The molecule has 3 rings (SSSR count). The van der Waals surface area contributed by atoms with E-state index >= 15 is 0 Å². The van der Waals surface area contributed by atoms with Gasteiger partial charge in [0, 0.05) is 18.2 Å². The van der Waals surface area contributed by atoms with Crippen molar-refractivity contribution in [1.29, 1.82) is 0 Å². The van der Waals surface area contributed by atoms with Crippen LogP contribution in [0.15, 0.2) is 46.5 Å². The van der Waals surface area contributed by atoms with Crippen molar-refractivity contribution in [2.45, 2.75) is 38.5 Å². The maximum atomic E-state index is 12.1. The van der Waals surface area contributed by atoms with Gasteiger partial charge in [0.1, 0.15) is 5.75 Å². The van der Waals surface area contributed by atoms with Crippen LogP contribution < -0.4 is 10.1 Å². The van der Waals surface area contributed by atoms with Crippen molar-refractivity contribution >= 4 is 5.91 Å². The fraction of sp³-hybridized carbons (Fsp3) is 0.400. The van der Waals surface area contributed by atoms with Gasteiger partial charge in [-0.25, -0.2) is 0 Å². The molecule has 1 aromatic heterocycles. The van der Waals surface area contributed by atoms with Crippen LogP contribution in [0.5, 0.6) is 5.75 Å². The summed E-state index contributed by atoms with van der Waals surface area (Å²) in [5.74, 6) is 1.42. The van der Waals surface area contributed by atoms with Gasteiger partial charge < -0.3 is 14.6 Å². The Morgan fingerprint density at radius 1 is 1.28 bits per heavy atom. The molecule has 1 aliphatic rings. The summed E-state index contributed by atoms with van der Waals surface area (Å²) in [6.07, 6.45) is 8.40. The van der Waals surface area contributed by atoms with E-state index in [2.05, 4.69) is 16.5 Å². The maximum absolute atomic E-state index is 12.1. The number of allylic oxidation sites excluding steroid dienone is 1. The number of benzene rings is 1. The second-order valence-corrected chi connectivity index (χ2v) is 6.30. The second-order valence-electron chi connectivity index (χ2n) is 6.30. The first-order chi connectivity index (χ1) is 12.2. The summed E-state index contributed by atoms with van der Waals surface area (Å²) in [6, 6.07) is 9.35. The Bertz CT molecular complexity index is 732. The van der Waals surface area contributed by atoms with E-state index in [-0.39, 0.29) is 12.3 Å². The Balaban J connectivity index is 1.48. The van der Waals surface area contributed by atoms with E-state index in [4.69, 9.17) is 9.26 Å². The first-order valence-corrected chi connectivity index (χ1v) is 8.79. The smallest absolute Gasteiger partial charge is 0.226 e. The average Bonchev–Trinajstić information content (AvgIpc) is 3.11. The zero-order valence-electron chi connectivity index (χ0n) is 14.6. The fourth-order valence-corrected chi connectivity index (χ4v) is 3.01. The normalized spacial score (nSPS) is 14.0. The minimum Gasteiger partial charge on any atom is -0.497 e. The highest BCUT2D eigenvalue weighted by molar-refractivity contribution is 5.78. The SMILES string of the molecule is COc1ccc(-c2cc(CC(=O)NCCC3=CCCCC3)no2)cc1. The number of carbonyl (C=O) groups excluding carboxylic acids is 1. The molecular formula is C20H24N2O3. The van der Waals surface area contributed by atoms with Gasteiger partial charge in [-0.15, -0.1) is 0 Å². The van der Waals surface area contributed by atoms with Crippen molar-refractivity contribution < 1.29 is 14.1 Å². The summed E-state index contributed by atoms with van der Waals surface area (Å²) in [4.78, 5) is 12.1. The Morgan fingerprint density at radius 3 is 2.84 bits per heavy atom. The molecule has 5 heteroatoms. The van der Waals surface area contributed by atoms with E-state index in [0.29, 0.717) is 18.0 Å². The first kappa shape index (κ1) is 17.3. The number of nitrogens with zero attached hydrogens (tertiary/aromatic N) is 1. The Morgan fingerprint density at radius 2 is 2.12 bits per heavy atom. The molecule has 0 saturated carbocycles. The van der Waals surface area contributed by atoms with Gasteiger partial charge in [0.25, 0.3) is 0 Å². The van der Waals surface area contributed by atoms with Crippen LogP contribution in [0.3, 0.4) is 0 Å². The molecule has 25 heavy (non-hydrogen) atoms. The number of methoxy groups -OCH3 is 1. The number of hydrogen-bond donors (Lipinski definition) is 1. The lowest BCUT2D eigenvalue weighted by Crippen LogP contribution is -2.26. The van der Waals surface area contributed by atoms with Crippen molar-refractivity contribution in [2.24, 2.45) is 0 Å². The standard InChI is InChI=1S/C20H24N2O3/c1-24-18-9-7-16(8-10-18)19-13-17(22-25-19)14-20(23)21-12-11-15-5-3-2-4-6-15/h5,7-10,13H,2-4,6,11-12,14H2,1H3,(H,21,23). The van der Waals surface area contributed by atoms with Crippen LogP contribution in [0.25, 0.3) is 11.3 Å². The third-order valence-corrected chi connectivity index (χ3v) is 4.43. The van der Waals surface area contributed by atoms with Gasteiger partial charge in [0.15, 0.2) is 5.76 Å². The fourth-order valence-electron chi connectivity index (χ4n) is 3.01. The molecule has 0 atom stereocenters. The quantitative estimate of drug-likeness (QED) is 0.777. The highest BCUT2D eigenvalue weighted by Gasteiger charge is 2.11. The summed E-state index contributed by atoms with van der Waals surface area (Å²) >= 11 is 0. The molecule has 0 fully saturated rings. The van der Waals surface area contributed by atoms with E-state index in [1.165, 1.54) is 31.3 Å². The summed E-state index contributed by atoms with van der Waals surface area (Å²) in [5, 5.41) is 6.96. The third kappa shape index (κ3) is 4.95. The number of hydrogen-bond acceptors (Lipinski definition) is 4. The van der Waals surface area contributed by atoms with Gasteiger partial charge in [-0.05, 0) is 56.4 Å². The van der Waals surface area contributed by atoms with Crippen LogP contribution >= 0.6 is 0 Å².